The number of nitrogens with zero attached hydrogens (tertiary/aromatic N) is 3. The van der Waals surface area contributed by atoms with Gasteiger partial charge in [-0.15, -0.1) is 0 Å². The fourth-order valence-corrected chi connectivity index (χ4v) is 2.79. The van der Waals surface area contributed by atoms with Crippen molar-refractivity contribution in [1.29, 1.82) is 0 Å². The Bertz CT molecular complexity index is 646. The summed E-state index contributed by atoms with van der Waals surface area (Å²) >= 11 is 5.75. The molecule has 0 unspecified atom stereocenters. The van der Waals surface area contributed by atoms with Gasteiger partial charge in [0, 0.05) is 25.7 Å². The topological polar surface area (TPSA) is 45.7 Å². The number of aromatic nitrogens is 1. The van der Waals surface area contributed by atoms with E-state index in [0.29, 0.717) is 19.6 Å². The van der Waals surface area contributed by atoms with Crippen molar-refractivity contribution >= 4 is 23.5 Å². The zero-order valence-electron chi connectivity index (χ0n) is 14.5. The maximum atomic E-state index is 13.0. The molecule has 2 rings (SSSR count). The summed E-state index contributed by atoms with van der Waals surface area (Å²) in [6.45, 7) is 8.13. The average molecular weight is 380 g/mol. The Morgan fingerprint density at radius 1 is 1.28 bits per heavy atom. The molecule has 0 aromatic carbocycles. The van der Waals surface area contributed by atoms with Gasteiger partial charge in [0.1, 0.15) is 16.6 Å². The second-order valence-electron chi connectivity index (χ2n) is 7.00. The molecule has 0 radical (unpaired) electrons. The van der Waals surface area contributed by atoms with Crippen molar-refractivity contribution < 1.29 is 22.7 Å². The molecule has 0 aliphatic carbocycles. The first-order chi connectivity index (χ1) is 11.4. The molecule has 0 saturated carbocycles. The smallest absolute Gasteiger partial charge is 0.416 e. The molecular formula is C16H21ClF3N3O2. The summed E-state index contributed by atoms with van der Waals surface area (Å²) in [5, 5.41) is -0.216. The lowest BCUT2D eigenvalue weighted by atomic mass is 10.1. The normalized spacial score (nSPS) is 19.1. The lowest BCUT2D eigenvalue weighted by Crippen LogP contribution is -2.54. The summed E-state index contributed by atoms with van der Waals surface area (Å²) in [5.74, 6) is 0.149. The van der Waals surface area contributed by atoms with Gasteiger partial charge in [0.2, 0.25) is 0 Å². The van der Waals surface area contributed by atoms with Crippen molar-refractivity contribution in [3.8, 4) is 0 Å². The van der Waals surface area contributed by atoms with Crippen molar-refractivity contribution in [2.24, 2.45) is 0 Å². The van der Waals surface area contributed by atoms with E-state index in [1.807, 2.05) is 6.92 Å². The summed E-state index contributed by atoms with van der Waals surface area (Å²) in [6, 6.07) is 1.55. The van der Waals surface area contributed by atoms with Gasteiger partial charge in [-0.05, 0) is 39.8 Å². The van der Waals surface area contributed by atoms with Crippen LogP contribution < -0.4 is 4.90 Å². The molecule has 1 fully saturated rings. The van der Waals surface area contributed by atoms with Crippen LogP contribution in [0.3, 0.4) is 0 Å². The van der Waals surface area contributed by atoms with E-state index in [0.717, 1.165) is 12.1 Å². The number of piperazine rings is 1. The number of carbonyl (C=O) groups is 1. The van der Waals surface area contributed by atoms with E-state index in [9.17, 15) is 18.0 Å². The number of carbonyl (C=O) groups excluding carboxylic acids is 1. The third-order valence-electron chi connectivity index (χ3n) is 3.68. The number of anilines is 1. The number of rotatable bonds is 1. The van der Waals surface area contributed by atoms with Crippen LogP contribution in [0.25, 0.3) is 0 Å². The number of hydrogen-bond acceptors (Lipinski definition) is 4. The predicted octanol–water partition coefficient (Wildman–Crippen LogP) is 4.20. The van der Waals surface area contributed by atoms with Crippen molar-refractivity contribution in [2.45, 2.75) is 45.5 Å². The van der Waals surface area contributed by atoms with Crippen LogP contribution in [-0.2, 0) is 10.9 Å². The van der Waals surface area contributed by atoms with Gasteiger partial charge in [0.25, 0.3) is 0 Å². The maximum absolute atomic E-state index is 13.0. The van der Waals surface area contributed by atoms with E-state index in [4.69, 9.17) is 16.3 Å². The predicted molar refractivity (Wildman–Crippen MR) is 88.9 cm³/mol. The first-order valence-electron chi connectivity index (χ1n) is 7.86. The second kappa shape index (κ2) is 6.90. The molecule has 1 aliphatic heterocycles. The molecule has 0 N–H and O–H groups in total. The molecule has 0 spiro atoms. The first kappa shape index (κ1) is 19.6. The van der Waals surface area contributed by atoms with Crippen LogP contribution in [0, 0.1) is 0 Å². The van der Waals surface area contributed by atoms with E-state index in [1.54, 1.807) is 30.6 Å². The molecule has 1 aromatic rings. The molecule has 1 aliphatic rings. The zero-order valence-corrected chi connectivity index (χ0v) is 15.3. The highest BCUT2D eigenvalue weighted by molar-refractivity contribution is 6.29. The van der Waals surface area contributed by atoms with E-state index >= 15 is 0 Å². The molecule has 1 atom stereocenters. The third-order valence-corrected chi connectivity index (χ3v) is 3.87. The van der Waals surface area contributed by atoms with Crippen LogP contribution in [0.4, 0.5) is 23.8 Å². The van der Waals surface area contributed by atoms with Gasteiger partial charge in [0.15, 0.2) is 0 Å². The van der Waals surface area contributed by atoms with Gasteiger partial charge >= 0.3 is 12.3 Å². The van der Waals surface area contributed by atoms with Gasteiger partial charge < -0.3 is 14.5 Å². The molecule has 0 bridgehead atoms. The third kappa shape index (κ3) is 5.14. The highest BCUT2D eigenvalue weighted by Gasteiger charge is 2.34. The molecule has 9 heteroatoms. The molecule has 140 valence electrons. The maximum Gasteiger partial charge on any atom is 0.416 e. The van der Waals surface area contributed by atoms with Crippen molar-refractivity contribution in [1.82, 2.24) is 9.88 Å². The number of ether oxygens (including phenoxy) is 1. The van der Waals surface area contributed by atoms with Crippen LogP contribution in [0.2, 0.25) is 5.15 Å². The Balaban J connectivity index is 2.14. The molecule has 1 saturated heterocycles. The summed E-state index contributed by atoms with van der Waals surface area (Å²) in [6.07, 6.45) is -4.93. The monoisotopic (exact) mass is 379 g/mol. The molecule has 1 amide bonds. The van der Waals surface area contributed by atoms with E-state index in [2.05, 4.69) is 4.98 Å². The minimum Gasteiger partial charge on any atom is -0.444 e. The van der Waals surface area contributed by atoms with Gasteiger partial charge in [-0.3, -0.25) is 0 Å². The first-order valence-corrected chi connectivity index (χ1v) is 8.24. The van der Waals surface area contributed by atoms with Crippen LogP contribution in [0.5, 0.6) is 0 Å². The Morgan fingerprint density at radius 2 is 1.92 bits per heavy atom. The molecule has 1 aromatic heterocycles. The van der Waals surface area contributed by atoms with Crippen molar-refractivity contribution in [3.63, 3.8) is 0 Å². The van der Waals surface area contributed by atoms with E-state index in [-0.39, 0.29) is 17.0 Å². The number of hydrogen-bond donors (Lipinski definition) is 0. The highest BCUT2D eigenvalue weighted by Crippen LogP contribution is 2.33. The van der Waals surface area contributed by atoms with Gasteiger partial charge in [-0.2, -0.15) is 13.2 Å². The quantitative estimate of drug-likeness (QED) is 0.686. The Labute approximate surface area is 149 Å². The largest absolute Gasteiger partial charge is 0.444 e. The fourth-order valence-electron chi connectivity index (χ4n) is 2.58. The summed E-state index contributed by atoms with van der Waals surface area (Å²) in [5.41, 5.74) is -1.45. The highest BCUT2D eigenvalue weighted by atomic mass is 35.5. The molecular weight excluding hydrogens is 359 g/mol. The minimum atomic E-state index is -4.50. The molecule has 25 heavy (non-hydrogen) atoms. The molecule has 2 heterocycles. The van der Waals surface area contributed by atoms with E-state index < -0.39 is 23.4 Å². The zero-order chi connectivity index (χ0) is 19.0. The van der Waals surface area contributed by atoms with Gasteiger partial charge in [-0.25, -0.2) is 9.78 Å². The standard InChI is InChI=1S/C16H21ClF3N3O2/c1-10-9-22(14(24)25-15(2,3)4)5-6-23(10)13-8-11(16(18,19)20)7-12(17)21-13/h7-8,10H,5-6,9H2,1-4H3/t10-/m0/s1. The SMILES string of the molecule is C[C@H]1CN(C(=O)OC(C)(C)C)CCN1c1cc(C(F)(F)F)cc(Cl)n1. The molecule has 5 nitrogen and oxygen atoms in total. The second-order valence-corrected chi connectivity index (χ2v) is 7.39. The lowest BCUT2D eigenvalue weighted by molar-refractivity contribution is -0.137. The fraction of sp³-hybridized carbons (Fsp3) is 0.625. The summed E-state index contributed by atoms with van der Waals surface area (Å²) < 4.78 is 44.2. The van der Waals surface area contributed by atoms with Gasteiger partial charge in [0.05, 0.1) is 5.56 Å². The van der Waals surface area contributed by atoms with Crippen LogP contribution in [0.1, 0.15) is 33.3 Å². The average Bonchev–Trinajstić information content (AvgIpc) is 2.43. The van der Waals surface area contributed by atoms with Gasteiger partial charge in [-0.1, -0.05) is 11.6 Å². The van der Waals surface area contributed by atoms with E-state index in [1.165, 1.54) is 0 Å². The minimum absolute atomic E-state index is 0.149. The Hall–Kier alpha value is -1.70. The number of alkyl halides is 3. The van der Waals surface area contributed by atoms with Crippen molar-refractivity contribution in [3.05, 3.63) is 22.8 Å². The summed E-state index contributed by atoms with van der Waals surface area (Å²) in [7, 11) is 0. The lowest BCUT2D eigenvalue weighted by Gasteiger charge is -2.41. The van der Waals surface area contributed by atoms with Crippen LogP contribution >= 0.6 is 11.6 Å². The van der Waals surface area contributed by atoms with Crippen molar-refractivity contribution in [2.75, 3.05) is 24.5 Å². The van der Waals surface area contributed by atoms with Crippen LogP contribution in [0.15, 0.2) is 12.1 Å². The Morgan fingerprint density at radius 3 is 2.44 bits per heavy atom. The summed E-state index contributed by atoms with van der Waals surface area (Å²) in [4.78, 5) is 19.4. The Kier molecular flexibility index (Phi) is 5.41. The number of amides is 1. The number of pyridine rings is 1. The number of halogens is 4. The van der Waals surface area contributed by atoms with Crippen LogP contribution in [-0.4, -0.2) is 47.3 Å².